The number of non-ortho nitro benzene ring substituents is 1. The van der Waals surface area contributed by atoms with E-state index in [4.69, 9.17) is 10.1 Å². The fourth-order valence-electron chi connectivity index (χ4n) is 3.88. The molecule has 162 valence electrons. The van der Waals surface area contributed by atoms with Crippen molar-refractivity contribution in [2.75, 3.05) is 0 Å². The maximum atomic E-state index is 11.5. The molecule has 0 atom stereocenters. The van der Waals surface area contributed by atoms with Crippen LogP contribution in [0.15, 0.2) is 63.8 Å². The number of primary sulfonamides is 1. The largest absolute Gasteiger partial charge is 0.313 e. The molecule has 31 heavy (non-hydrogen) atoms. The molecule has 8 nitrogen and oxygen atoms in total. The first-order valence-electron chi connectivity index (χ1n) is 9.95. The molecular weight excluding hydrogens is 436 g/mol. The van der Waals surface area contributed by atoms with Crippen LogP contribution in [0.3, 0.4) is 0 Å². The van der Waals surface area contributed by atoms with Gasteiger partial charge in [-0.15, -0.1) is 11.3 Å². The monoisotopic (exact) mass is 458 g/mol. The molecule has 1 heterocycles. The van der Waals surface area contributed by atoms with Gasteiger partial charge in [0.25, 0.3) is 5.69 Å². The average molecular weight is 459 g/mol. The van der Waals surface area contributed by atoms with Gasteiger partial charge in [0.15, 0.2) is 4.80 Å². The van der Waals surface area contributed by atoms with Crippen LogP contribution in [0.4, 0.5) is 11.4 Å². The van der Waals surface area contributed by atoms with Gasteiger partial charge in [0.1, 0.15) is 0 Å². The summed E-state index contributed by atoms with van der Waals surface area (Å²) in [6, 6.07) is 13.0. The predicted molar refractivity (Wildman–Crippen MR) is 120 cm³/mol. The Hall–Kier alpha value is -2.82. The van der Waals surface area contributed by atoms with Crippen molar-refractivity contribution in [2.24, 2.45) is 10.1 Å². The maximum Gasteiger partial charge on any atom is 0.269 e. The summed E-state index contributed by atoms with van der Waals surface area (Å²) in [7, 11) is -3.75. The molecule has 0 aliphatic heterocycles. The van der Waals surface area contributed by atoms with Crippen molar-refractivity contribution in [3.8, 4) is 11.3 Å². The Morgan fingerprint density at radius 3 is 2.26 bits per heavy atom. The normalized spacial score (nSPS) is 15.8. The van der Waals surface area contributed by atoms with Crippen LogP contribution in [0.1, 0.15) is 38.1 Å². The number of hydrogen-bond donors (Lipinski definition) is 1. The van der Waals surface area contributed by atoms with Crippen molar-refractivity contribution < 1.29 is 13.3 Å². The summed E-state index contributed by atoms with van der Waals surface area (Å²) in [4.78, 5) is 16.2. The Labute approximate surface area is 183 Å². The zero-order valence-corrected chi connectivity index (χ0v) is 18.3. The van der Waals surface area contributed by atoms with Gasteiger partial charge in [0, 0.05) is 23.6 Å². The quantitative estimate of drug-likeness (QED) is 0.446. The Morgan fingerprint density at radius 2 is 1.68 bits per heavy atom. The first-order valence-corrected chi connectivity index (χ1v) is 12.4. The molecule has 2 aromatic carbocycles. The lowest BCUT2D eigenvalue weighted by molar-refractivity contribution is -0.384. The summed E-state index contributed by atoms with van der Waals surface area (Å²) in [6.07, 6.45) is 5.61. The van der Waals surface area contributed by atoms with Crippen LogP contribution in [0.5, 0.6) is 0 Å². The first-order chi connectivity index (χ1) is 14.8. The van der Waals surface area contributed by atoms with Crippen LogP contribution in [-0.2, 0) is 10.0 Å². The molecule has 4 rings (SSSR count). The van der Waals surface area contributed by atoms with Gasteiger partial charge in [-0.1, -0.05) is 19.3 Å². The number of hydrogen-bond acceptors (Lipinski definition) is 6. The van der Waals surface area contributed by atoms with Crippen molar-refractivity contribution in [1.82, 2.24) is 4.57 Å². The molecule has 0 bridgehead atoms. The predicted octanol–water partition coefficient (Wildman–Crippen LogP) is 4.51. The molecule has 1 aliphatic rings. The topological polar surface area (TPSA) is 121 Å². The summed E-state index contributed by atoms with van der Waals surface area (Å²) in [6.45, 7) is 0. The molecule has 1 saturated carbocycles. The third kappa shape index (κ3) is 4.76. The number of benzene rings is 2. The minimum atomic E-state index is -3.75. The number of sulfonamides is 1. The van der Waals surface area contributed by atoms with E-state index in [0.29, 0.717) is 11.7 Å². The van der Waals surface area contributed by atoms with Crippen LogP contribution in [-0.4, -0.2) is 17.9 Å². The van der Waals surface area contributed by atoms with Gasteiger partial charge in [-0.3, -0.25) is 10.1 Å². The highest BCUT2D eigenvalue weighted by molar-refractivity contribution is 7.89. The smallest absolute Gasteiger partial charge is 0.269 e. The van der Waals surface area contributed by atoms with E-state index >= 15 is 0 Å². The molecule has 1 aromatic heterocycles. The molecule has 0 amide bonds. The van der Waals surface area contributed by atoms with Crippen LogP contribution in [0.25, 0.3) is 11.3 Å². The van der Waals surface area contributed by atoms with Crippen molar-refractivity contribution in [3.05, 3.63) is 68.8 Å². The summed E-state index contributed by atoms with van der Waals surface area (Å²) < 4.78 is 25.2. The minimum Gasteiger partial charge on any atom is -0.313 e. The lowest BCUT2D eigenvalue weighted by Crippen LogP contribution is -2.23. The highest BCUT2D eigenvalue weighted by Crippen LogP contribution is 2.33. The van der Waals surface area contributed by atoms with Crippen LogP contribution < -0.4 is 9.94 Å². The summed E-state index contributed by atoms with van der Waals surface area (Å²) >= 11 is 1.50. The second-order valence-electron chi connectivity index (χ2n) is 7.52. The van der Waals surface area contributed by atoms with Crippen molar-refractivity contribution in [3.63, 3.8) is 0 Å². The van der Waals surface area contributed by atoms with E-state index in [2.05, 4.69) is 4.57 Å². The molecule has 0 saturated heterocycles. The van der Waals surface area contributed by atoms with E-state index in [0.717, 1.165) is 41.7 Å². The second-order valence-corrected chi connectivity index (χ2v) is 9.92. The Morgan fingerprint density at radius 1 is 1.03 bits per heavy atom. The summed E-state index contributed by atoms with van der Waals surface area (Å²) in [5.41, 5.74) is 2.57. The standard InChI is InChI=1S/C21H22N4O4S2/c22-31(28,29)19-12-8-16(9-13-19)23-21-24(17-4-2-1-3-5-17)20(14-30-21)15-6-10-18(11-7-15)25(26)27/h6-14,17H,1-5H2,(H2,22,28,29). The number of nitro benzene ring substituents is 1. The zero-order chi connectivity index (χ0) is 22.0. The molecular formula is C21H22N4O4S2. The van der Waals surface area contributed by atoms with Crippen molar-refractivity contribution >= 4 is 32.7 Å². The molecule has 2 N–H and O–H groups in total. The Bertz CT molecular complexity index is 1250. The van der Waals surface area contributed by atoms with Gasteiger partial charge < -0.3 is 4.57 Å². The molecule has 0 radical (unpaired) electrons. The lowest BCUT2D eigenvalue weighted by Gasteiger charge is -2.25. The van der Waals surface area contributed by atoms with Crippen LogP contribution in [0, 0.1) is 10.1 Å². The number of nitro groups is 1. The van der Waals surface area contributed by atoms with E-state index < -0.39 is 14.9 Å². The van der Waals surface area contributed by atoms with E-state index in [-0.39, 0.29) is 10.6 Å². The zero-order valence-electron chi connectivity index (χ0n) is 16.7. The van der Waals surface area contributed by atoms with E-state index in [1.54, 1.807) is 24.3 Å². The number of aromatic nitrogens is 1. The van der Waals surface area contributed by atoms with E-state index in [1.165, 1.54) is 42.0 Å². The number of thiazole rings is 1. The maximum absolute atomic E-state index is 11.5. The van der Waals surface area contributed by atoms with Crippen molar-refractivity contribution in [2.45, 2.75) is 43.0 Å². The SMILES string of the molecule is NS(=O)(=O)c1ccc(N=c2scc(-c3ccc([N+](=O)[O-])cc3)n2C2CCCCC2)cc1. The highest BCUT2D eigenvalue weighted by atomic mass is 32.2. The van der Waals surface area contributed by atoms with Gasteiger partial charge in [-0.05, 0) is 54.8 Å². The van der Waals surface area contributed by atoms with Gasteiger partial charge >= 0.3 is 0 Å². The molecule has 0 spiro atoms. The first kappa shape index (κ1) is 21.4. The number of nitrogens with two attached hydrogens (primary N) is 1. The average Bonchev–Trinajstić information content (AvgIpc) is 3.17. The van der Waals surface area contributed by atoms with Gasteiger partial charge in [-0.25, -0.2) is 18.5 Å². The van der Waals surface area contributed by atoms with E-state index in [9.17, 15) is 18.5 Å². The number of rotatable bonds is 5. The Kier molecular flexibility index (Phi) is 6.03. The van der Waals surface area contributed by atoms with E-state index in [1.807, 2.05) is 5.38 Å². The van der Waals surface area contributed by atoms with Crippen molar-refractivity contribution in [1.29, 1.82) is 0 Å². The fourth-order valence-corrected chi connectivity index (χ4v) is 5.38. The lowest BCUT2D eigenvalue weighted by atomic mass is 9.95. The second kappa shape index (κ2) is 8.74. The number of nitrogens with zero attached hydrogens (tertiary/aromatic N) is 3. The molecule has 3 aromatic rings. The minimum absolute atomic E-state index is 0.0457. The molecule has 1 aliphatic carbocycles. The highest BCUT2D eigenvalue weighted by Gasteiger charge is 2.21. The molecule has 1 fully saturated rings. The van der Waals surface area contributed by atoms with Crippen LogP contribution >= 0.6 is 11.3 Å². The fraction of sp³-hybridized carbons (Fsp3) is 0.286. The van der Waals surface area contributed by atoms with Gasteiger partial charge in [-0.2, -0.15) is 0 Å². The van der Waals surface area contributed by atoms with Gasteiger partial charge in [0.2, 0.25) is 10.0 Å². The van der Waals surface area contributed by atoms with Gasteiger partial charge in [0.05, 0.1) is 21.2 Å². The third-order valence-corrected chi connectivity index (χ3v) is 7.21. The molecule has 0 unspecified atom stereocenters. The molecule has 10 heteroatoms. The third-order valence-electron chi connectivity index (χ3n) is 5.45. The van der Waals surface area contributed by atoms with Crippen LogP contribution in [0.2, 0.25) is 0 Å². The summed E-state index contributed by atoms with van der Waals surface area (Å²) in [5.74, 6) is 0. The summed E-state index contributed by atoms with van der Waals surface area (Å²) in [5, 5.41) is 18.2. The Balaban J connectivity index is 1.79.